The molecule has 0 saturated heterocycles. The van der Waals surface area contributed by atoms with Crippen LogP contribution in [0.2, 0.25) is 0 Å². The Hall–Kier alpha value is -1.08. The summed E-state index contributed by atoms with van der Waals surface area (Å²) >= 11 is 0. The van der Waals surface area contributed by atoms with Crippen molar-refractivity contribution in [1.29, 1.82) is 0 Å². The van der Waals surface area contributed by atoms with Crippen LogP contribution in [0.4, 0.5) is 0 Å². The minimum Gasteiger partial charge on any atom is -0.296 e. The van der Waals surface area contributed by atoms with Gasteiger partial charge in [0.05, 0.1) is 19.8 Å². The van der Waals surface area contributed by atoms with Gasteiger partial charge in [0.2, 0.25) is 0 Å². The fraction of sp³-hybridized carbons (Fsp3) is 0.333. The van der Waals surface area contributed by atoms with Crippen molar-refractivity contribution < 1.29 is 4.48 Å². The topological polar surface area (TPSA) is 0 Å². The minimum atomic E-state index is 1.06. The first-order valence-corrected chi connectivity index (χ1v) is 4.84. The second-order valence-electron chi connectivity index (χ2n) is 4.02. The van der Waals surface area contributed by atoms with E-state index in [-0.39, 0.29) is 0 Å². The summed E-state index contributed by atoms with van der Waals surface area (Å²) in [5.41, 5.74) is 1.43. The van der Waals surface area contributed by atoms with Gasteiger partial charge in [-0.25, -0.2) is 0 Å². The molecule has 0 aromatic heterocycles. The Morgan fingerprint density at radius 2 is 2.00 bits per heavy atom. The minimum absolute atomic E-state index is 1.06. The van der Waals surface area contributed by atoms with Crippen molar-refractivity contribution in [2.45, 2.75) is 13.0 Å². The molecule has 1 aliphatic heterocycles. The molecule has 1 heteroatoms. The van der Waals surface area contributed by atoms with Gasteiger partial charge in [-0.1, -0.05) is 30.3 Å². The van der Waals surface area contributed by atoms with E-state index >= 15 is 0 Å². The van der Waals surface area contributed by atoms with Crippen LogP contribution < -0.4 is 0 Å². The van der Waals surface area contributed by atoms with Gasteiger partial charge in [0.25, 0.3) is 0 Å². The third kappa shape index (κ3) is 1.99. The summed E-state index contributed by atoms with van der Waals surface area (Å²) in [7, 11) is 2.29. The molecule has 0 amide bonds. The lowest BCUT2D eigenvalue weighted by molar-refractivity contribution is -0.867. The van der Waals surface area contributed by atoms with Crippen molar-refractivity contribution >= 4 is 0 Å². The molecular formula is C12H16N+. The summed E-state index contributed by atoms with van der Waals surface area (Å²) in [6.45, 7) is 2.37. The van der Waals surface area contributed by atoms with Crippen molar-refractivity contribution in [3.63, 3.8) is 0 Å². The zero-order valence-corrected chi connectivity index (χ0v) is 8.11. The highest BCUT2D eigenvalue weighted by molar-refractivity contribution is 5.13. The van der Waals surface area contributed by atoms with Gasteiger partial charge >= 0.3 is 0 Å². The second-order valence-corrected chi connectivity index (χ2v) is 4.02. The normalized spacial score (nSPS) is 26.5. The van der Waals surface area contributed by atoms with Crippen molar-refractivity contribution in [2.75, 3.05) is 13.6 Å². The molecule has 13 heavy (non-hydrogen) atoms. The van der Waals surface area contributed by atoms with Crippen molar-refractivity contribution in [3.8, 4) is 0 Å². The van der Waals surface area contributed by atoms with Crippen LogP contribution in [0.15, 0.2) is 42.6 Å². The summed E-state index contributed by atoms with van der Waals surface area (Å²) in [4.78, 5) is 0. The van der Waals surface area contributed by atoms with Crippen LogP contribution in [0.5, 0.6) is 0 Å². The SMILES string of the molecule is C[N+]1(Cc2ccccc2)C=CCC1. The van der Waals surface area contributed by atoms with Crippen molar-refractivity contribution in [2.24, 2.45) is 0 Å². The van der Waals surface area contributed by atoms with E-state index < -0.39 is 0 Å². The van der Waals surface area contributed by atoms with Gasteiger partial charge in [0.15, 0.2) is 0 Å². The molecule has 0 fully saturated rings. The van der Waals surface area contributed by atoms with E-state index in [0.717, 1.165) is 11.0 Å². The Morgan fingerprint density at radius 1 is 1.23 bits per heavy atom. The van der Waals surface area contributed by atoms with Gasteiger partial charge in [-0.3, -0.25) is 4.48 Å². The van der Waals surface area contributed by atoms with Crippen LogP contribution >= 0.6 is 0 Å². The molecule has 0 spiro atoms. The summed E-state index contributed by atoms with van der Waals surface area (Å²) < 4.78 is 1.06. The average Bonchev–Trinajstić information content (AvgIpc) is 2.54. The second kappa shape index (κ2) is 3.35. The summed E-state index contributed by atoms with van der Waals surface area (Å²) in [5, 5.41) is 0. The lowest BCUT2D eigenvalue weighted by atomic mass is 10.2. The number of quaternary nitrogens is 1. The maximum atomic E-state index is 2.31. The highest BCUT2D eigenvalue weighted by Gasteiger charge is 2.21. The first-order chi connectivity index (χ1) is 6.29. The molecule has 0 aliphatic carbocycles. The van der Waals surface area contributed by atoms with Gasteiger partial charge in [0.1, 0.15) is 6.54 Å². The predicted octanol–water partition coefficient (Wildman–Crippen LogP) is 2.55. The highest BCUT2D eigenvalue weighted by atomic mass is 15.3. The van der Waals surface area contributed by atoms with Crippen LogP contribution in [0.3, 0.4) is 0 Å². The Bertz CT molecular complexity index is 302. The van der Waals surface area contributed by atoms with E-state index in [9.17, 15) is 0 Å². The lowest BCUT2D eigenvalue weighted by Gasteiger charge is -2.26. The fourth-order valence-electron chi connectivity index (χ4n) is 1.91. The Labute approximate surface area is 79.9 Å². The Morgan fingerprint density at radius 3 is 2.62 bits per heavy atom. The monoisotopic (exact) mass is 174 g/mol. The Kier molecular flexibility index (Phi) is 2.19. The molecule has 1 unspecified atom stereocenters. The molecule has 1 nitrogen and oxygen atoms in total. The van der Waals surface area contributed by atoms with Gasteiger partial charge in [0, 0.05) is 12.0 Å². The molecule has 0 radical (unpaired) electrons. The zero-order valence-electron chi connectivity index (χ0n) is 8.11. The molecule has 1 heterocycles. The molecule has 1 aromatic rings. The molecule has 0 N–H and O–H groups in total. The van der Waals surface area contributed by atoms with Gasteiger partial charge < -0.3 is 0 Å². The van der Waals surface area contributed by atoms with E-state index in [1.807, 2.05) is 0 Å². The molecule has 0 bridgehead atoms. The Balaban J connectivity index is 2.10. The number of nitrogens with zero attached hydrogens (tertiary/aromatic N) is 1. The first-order valence-electron chi connectivity index (χ1n) is 4.84. The maximum absolute atomic E-state index is 2.31. The van der Waals surface area contributed by atoms with Gasteiger partial charge in [-0.05, 0) is 6.08 Å². The standard InChI is InChI=1S/C12H16N/c1-13(9-5-6-10-13)11-12-7-3-2-4-8-12/h2-5,7-9H,6,10-11H2,1H3/q+1. The largest absolute Gasteiger partial charge is 0.296 e. The quantitative estimate of drug-likeness (QED) is 0.604. The smallest absolute Gasteiger partial charge is 0.108 e. The third-order valence-electron chi connectivity index (χ3n) is 2.66. The first kappa shape index (κ1) is 8.52. The summed E-state index contributed by atoms with van der Waals surface area (Å²) in [6, 6.07) is 10.7. The maximum Gasteiger partial charge on any atom is 0.108 e. The van der Waals surface area contributed by atoms with E-state index in [1.165, 1.54) is 18.5 Å². The van der Waals surface area contributed by atoms with Gasteiger partial charge in [-0.15, -0.1) is 0 Å². The van der Waals surface area contributed by atoms with Crippen molar-refractivity contribution in [3.05, 3.63) is 48.2 Å². The number of rotatable bonds is 2. The van der Waals surface area contributed by atoms with E-state index in [1.54, 1.807) is 0 Å². The molecule has 1 atom stereocenters. The predicted molar refractivity (Wildman–Crippen MR) is 55.0 cm³/mol. The van der Waals surface area contributed by atoms with E-state index in [4.69, 9.17) is 0 Å². The van der Waals surface area contributed by atoms with Crippen LogP contribution in [0, 0.1) is 0 Å². The average molecular weight is 174 g/mol. The van der Waals surface area contributed by atoms with E-state index in [2.05, 4.69) is 49.7 Å². The molecule has 1 aromatic carbocycles. The molecule has 0 saturated carbocycles. The van der Waals surface area contributed by atoms with Gasteiger partial charge in [-0.2, -0.15) is 0 Å². The number of hydrogen-bond donors (Lipinski definition) is 0. The highest BCUT2D eigenvalue weighted by Crippen LogP contribution is 2.18. The third-order valence-corrected chi connectivity index (χ3v) is 2.66. The number of hydrogen-bond acceptors (Lipinski definition) is 0. The molecule has 68 valence electrons. The van der Waals surface area contributed by atoms with Crippen LogP contribution in [-0.4, -0.2) is 18.1 Å². The summed E-state index contributed by atoms with van der Waals surface area (Å²) in [6.07, 6.45) is 5.82. The lowest BCUT2D eigenvalue weighted by Crippen LogP contribution is -2.35. The summed E-state index contributed by atoms with van der Waals surface area (Å²) in [5.74, 6) is 0. The molecule has 1 aliphatic rings. The van der Waals surface area contributed by atoms with Crippen LogP contribution in [0.25, 0.3) is 0 Å². The zero-order chi connectivity index (χ0) is 9.15. The molecule has 2 rings (SSSR count). The van der Waals surface area contributed by atoms with Crippen LogP contribution in [0.1, 0.15) is 12.0 Å². The number of benzene rings is 1. The van der Waals surface area contributed by atoms with Crippen molar-refractivity contribution in [1.82, 2.24) is 0 Å². The fourth-order valence-corrected chi connectivity index (χ4v) is 1.91. The van der Waals surface area contributed by atoms with E-state index in [0.29, 0.717) is 0 Å². The van der Waals surface area contributed by atoms with Crippen LogP contribution in [-0.2, 0) is 6.54 Å². The molecular weight excluding hydrogens is 158 g/mol.